The molecule has 0 bridgehead atoms. The molecule has 1 aromatic carbocycles. The number of anilines is 2. The van der Waals surface area contributed by atoms with Crippen molar-refractivity contribution in [1.82, 2.24) is 4.98 Å². The molecular weight excluding hydrogens is 322 g/mol. The minimum Gasteiger partial charge on any atom is -0.397 e. The summed E-state index contributed by atoms with van der Waals surface area (Å²) in [6, 6.07) is 8.70. The molecule has 5 nitrogen and oxygen atoms in total. The van der Waals surface area contributed by atoms with Crippen LogP contribution in [0.1, 0.15) is 15.9 Å². The van der Waals surface area contributed by atoms with Gasteiger partial charge in [0.15, 0.2) is 5.82 Å². The molecule has 3 rings (SSSR count). The SMILES string of the molecule is Nc1cnc(N2C(=O)Cc3ccccc3C2=O)c(Br)c1. The van der Waals surface area contributed by atoms with Crippen molar-refractivity contribution in [3.63, 3.8) is 0 Å². The van der Waals surface area contributed by atoms with Gasteiger partial charge in [0.2, 0.25) is 5.91 Å². The van der Waals surface area contributed by atoms with Crippen molar-refractivity contribution >= 4 is 39.2 Å². The van der Waals surface area contributed by atoms with Crippen LogP contribution in [0, 0.1) is 0 Å². The molecule has 6 heteroatoms. The quantitative estimate of drug-likeness (QED) is 0.812. The monoisotopic (exact) mass is 331 g/mol. The van der Waals surface area contributed by atoms with Crippen molar-refractivity contribution < 1.29 is 9.59 Å². The predicted octanol–water partition coefficient (Wildman–Crippen LogP) is 2.16. The summed E-state index contributed by atoms with van der Waals surface area (Å²) >= 11 is 3.29. The number of carbonyl (C=O) groups is 2. The molecule has 2 heterocycles. The highest BCUT2D eigenvalue weighted by Crippen LogP contribution is 2.30. The summed E-state index contributed by atoms with van der Waals surface area (Å²) in [5.74, 6) is -0.398. The van der Waals surface area contributed by atoms with Gasteiger partial charge in [0, 0.05) is 5.56 Å². The zero-order valence-corrected chi connectivity index (χ0v) is 11.9. The number of rotatable bonds is 1. The Morgan fingerprint density at radius 3 is 2.75 bits per heavy atom. The molecule has 2 aromatic rings. The molecule has 1 aliphatic heterocycles. The van der Waals surface area contributed by atoms with Crippen LogP contribution >= 0.6 is 15.9 Å². The van der Waals surface area contributed by atoms with E-state index in [0.717, 1.165) is 10.5 Å². The Balaban J connectivity index is 2.11. The first-order chi connectivity index (χ1) is 9.58. The van der Waals surface area contributed by atoms with E-state index in [1.807, 2.05) is 6.07 Å². The smallest absolute Gasteiger partial charge is 0.266 e. The maximum atomic E-state index is 12.5. The standard InChI is InChI=1S/C14H10BrN3O2/c15-11-6-9(16)7-17-13(11)18-12(19)5-8-3-1-2-4-10(8)14(18)20/h1-4,6-7H,5,16H2. The van der Waals surface area contributed by atoms with Crippen LogP contribution in [0.25, 0.3) is 0 Å². The largest absolute Gasteiger partial charge is 0.397 e. The van der Waals surface area contributed by atoms with E-state index in [2.05, 4.69) is 20.9 Å². The average molecular weight is 332 g/mol. The summed E-state index contributed by atoms with van der Waals surface area (Å²) in [6.45, 7) is 0. The summed E-state index contributed by atoms with van der Waals surface area (Å²) in [7, 11) is 0. The third-order valence-electron chi connectivity index (χ3n) is 3.10. The van der Waals surface area contributed by atoms with Crippen molar-refractivity contribution in [2.24, 2.45) is 0 Å². The highest BCUT2D eigenvalue weighted by Gasteiger charge is 2.33. The Kier molecular flexibility index (Phi) is 3.02. The van der Waals surface area contributed by atoms with E-state index in [0.29, 0.717) is 15.7 Å². The number of carbonyl (C=O) groups excluding carboxylic acids is 2. The van der Waals surface area contributed by atoms with Gasteiger partial charge in [-0.25, -0.2) is 9.88 Å². The van der Waals surface area contributed by atoms with Crippen LogP contribution in [0.4, 0.5) is 11.5 Å². The first kappa shape index (κ1) is 12.8. The van der Waals surface area contributed by atoms with Crippen LogP contribution in [-0.4, -0.2) is 16.8 Å². The Hall–Kier alpha value is -2.21. The number of benzene rings is 1. The second-order valence-corrected chi connectivity index (χ2v) is 5.30. The number of fused-ring (bicyclic) bond motifs is 1. The lowest BCUT2D eigenvalue weighted by atomic mass is 9.98. The number of nitrogens with zero attached hydrogens (tertiary/aromatic N) is 2. The van der Waals surface area contributed by atoms with Gasteiger partial charge in [-0.2, -0.15) is 0 Å². The molecule has 0 aliphatic carbocycles. The number of pyridine rings is 1. The van der Waals surface area contributed by atoms with Crippen molar-refractivity contribution in [2.75, 3.05) is 10.6 Å². The lowest BCUT2D eigenvalue weighted by molar-refractivity contribution is -0.117. The van der Waals surface area contributed by atoms with Crippen LogP contribution in [0.3, 0.4) is 0 Å². The maximum Gasteiger partial charge on any atom is 0.266 e. The van der Waals surface area contributed by atoms with Crippen molar-refractivity contribution in [3.8, 4) is 0 Å². The van der Waals surface area contributed by atoms with E-state index in [4.69, 9.17) is 5.73 Å². The zero-order chi connectivity index (χ0) is 14.3. The molecule has 0 unspecified atom stereocenters. The fourth-order valence-electron chi connectivity index (χ4n) is 2.18. The number of imide groups is 1. The molecule has 0 saturated heterocycles. The summed E-state index contributed by atoms with van der Waals surface area (Å²) in [5.41, 5.74) is 7.35. The highest BCUT2D eigenvalue weighted by molar-refractivity contribution is 9.10. The summed E-state index contributed by atoms with van der Waals surface area (Å²) in [5, 5.41) is 0. The molecule has 1 aromatic heterocycles. The first-order valence-corrected chi connectivity index (χ1v) is 6.73. The summed E-state index contributed by atoms with van der Waals surface area (Å²) in [4.78, 5) is 29.9. The number of nitrogen functional groups attached to an aromatic ring is 1. The van der Waals surface area contributed by atoms with Gasteiger partial charge in [0.05, 0.1) is 22.8 Å². The number of hydrogen-bond donors (Lipinski definition) is 1. The molecule has 0 atom stereocenters. The molecule has 100 valence electrons. The molecule has 0 fully saturated rings. The predicted molar refractivity (Wildman–Crippen MR) is 78.3 cm³/mol. The van der Waals surface area contributed by atoms with Crippen molar-refractivity contribution in [2.45, 2.75) is 6.42 Å². The molecule has 20 heavy (non-hydrogen) atoms. The zero-order valence-electron chi connectivity index (χ0n) is 10.3. The summed E-state index contributed by atoms with van der Waals surface area (Å²) < 4.78 is 0.513. The molecule has 0 saturated carbocycles. The number of amides is 2. The minimum atomic E-state index is -0.366. The number of nitrogens with two attached hydrogens (primary N) is 1. The lowest BCUT2D eigenvalue weighted by Crippen LogP contribution is -2.43. The van der Waals surface area contributed by atoms with Gasteiger partial charge < -0.3 is 5.73 Å². The minimum absolute atomic E-state index is 0.181. The second-order valence-electron chi connectivity index (χ2n) is 4.44. The van der Waals surface area contributed by atoms with Crippen LogP contribution < -0.4 is 10.6 Å². The van der Waals surface area contributed by atoms with Gasteiger partial charge in [0.1, 0.15) is 0 Å². The van der Waals surface area contributed by atoms with Gasteiger partial charge in [-0.05, 0) is 33.6 Å². The van der Waals surface area contributed by atoms with E-state index in [1.54, 1.807) is 24.3 Å². The van der Waals surface area contributed by atoms with Crippen LogP contribution in [-0.2, 0) is 11.2 Å². The van der Waals surface area contributed by atoms with Gasteiger partial charge in [-0.15, -0.1) is 0 Å². The van der Waals surface area contributed by atoms with E-state index in [9.17, 15) is 9.59 Å². The van der Waals surface area contributed by atoms with Crippen molar-refractivity contribution in [1.29, 1.82) is 0 Å². The Morgan fingerprint density at radius 2 is 2.00 bits per heavy atom. The normalized spacial score (nSPS) is 14.3. The third kappa shape index (κ3) is 1.98. The third-order valence-corrected chi connectivity index (χ3v) is 3.68. The van der Waals surface area contributed by atoms with Gasteiger partial charge in [-0.1, -0.05) is 18.2 Å². The van der Waals surface area contributed by atoms with E-state index in [1.165, 1.54) is 6.20 Å². The summed E-state index contributed by atoms with van der Waals surface area (Å²) in [6.07, 6.45) is 1.60. The van der Waals surface area contributed by atoms with E-state index < -0.39 is 0 Å². The van der Waals surface area contributed by atoms with Gasteiger partial charge in [0.25, 0.3) is 5.91 Å². The number of halogens is 1. The fourth-order valence-corrected chi connectivity index (χ4v) is 2.73. The molecule has 2 amide bonds. The Bertz CT molecular complexity index is 730. The Morgan fingerprint density at radius 1 is 1.25 bits per heavy atom. The number of aromatic nitrogens is 1. The molecular formula is C14H10BrN3O2. The molecule has 1 aliphatic rings. The Labute approximate surface area is 123 Å². The molecule has 0 spiro atoms. The first-order valence-electron chi connectivity index (χ1n) is 5.94. The highest BCUT2D eigenvalue weighted by atomic mass is 79.9. The van der Waals surface area contributed by atoms with Crippen molar-refractivity contribution in [3.05, 3.63) is 52.1 Å². The number of hydrogen-bond acceptors (Lipinski definition) is 4. The second kappa shape index (κ2) is 4.72. The molecule has 0 radical (unpaired) electrons. The van der Waals surface area contributed by atoms with Crippen LogP contribution in [0.15, 0.2) is 41.0 Å². The average Bonchev–Trinajstić information content (AvgIpc) is 2.41. The van der Waals surface area contributed by atoms with Gasteiger partial charge >= 0.3 is 0 Å². The topological polar surface area (TPSA) is 76.3 Å². The lowest BCUT2D eigenvalue weighted by Gasteiger charge is -2.26. The van der Waals surface area contributed by atoms with E-state index >= 15 is 0 Å². The maximum absolute atomic E-state index is 12.5. The van der Waals surface area contributed by atoms with E-state index in [-0.39, 0.29) is 24.1 Å². The van der Waals surface area contributed by atoms with Crippen LogP contribution in [0.5, 0.6) is 0 Å². The molecule has 2 N–H and O–H groups in total. The fraction of sp³-hybridized carbons (Fsp3) is 0.0714. The van der Waals surface area contributed by atoms with Gasteiger partial charge in [-0.3, -0.25) is 9.59 Å². The van der Waals surface area contributed by atoms with Crippen LogP contribution in [0.2, 0.25) is 0 Å².